The molecule has 3 aromatic carbocycles. The molecule has 2 amide bonds. The van der Waals surface area contributed by atoms with Crippen LogP contribution in [-0.4, -0.2) is 18.4 Å². The minimum atomic E-state index is -0.182. The molecule has 29 heavy (non-hydrogen) atoms. The quantitative estimate of drug-likeness (QED) is 0.567. The second kappa shape index (κ2) is 9.55. The molecular weight excluding hydrogens is 362 g/mol. The van der Waals surface area contributed by atoms with Gasteiger partial charge < -0.3 is 16.0 Å². The number of hydrogen-bond acceptors (Lipinski definition) is 3. The van der Waals surface area contributed by atoms with Crippen LogP contribution in [0.4, 0.5) is 11.4 Å². The Kier molecular flexibility index (Phi) is 6.63. The number of nitrogens with one attached hydrogen (secondary N) is 3. The summed E-state index contributed by atoms with van der Waals surface area (Å²) in [6.07, 6.45) is 0. The van der Waals surface area contributed by atoms with E-state index in [4.69, 9.17) is 0 Å². The van der Waals surface area contributed by atoms with Crippen molar-refractivity contribution in [3.63, 3.8) is 0 Å². The average molecular weight is 387 g/mol. The van der Waals surface area contributed by atoms with Gasteiger partial charge in [0.25, 0.3) is 5.91 Å². The van der Waals surface area contributed by atoms with Crippen molar-refractivity contribution in [3.8, 4) is 0 Å². The highest BCUT2D eigenvalue weighted by molar-refractivity contribution is 5.98. The lowest BCUT2D eigenvalue weighted by molar-refractivity contribution is -0.114. The Morgan fingerprint density at radius 1 is 0.862 bits per heavy atom. The third-order valence-electron chi connectivity index (χ3n) is 4.75. The van der Waals surface area contributed by atoms with Gasteiger partial charge in [-0.25, -0.2) is 0 Å². The van der Waals surface area contributed by atoms with Crippen molar-refractivity contribution in [1.29, 1.82) is 0 Å². The fraction of sp³-hybridized carbons (Fsp3) is 0.167. The molecule has 0 atom stereocenters. The van der Waals surface area contributed by atoms with Crippen LogP contribution in [0.2, 0.25) is 0 Å². The maximum atomic E-state index is 12.4. The number of aryl methyl sites for hydroxylation is 1. The zero-order valence-electron chi connectivity index (χ0n) is 16.7. The maximum Gasteiger partial charge on any atom is 0.251 e. The van der Waals surface area contributed by atoms with Gasteiger partial charge in [-0.2, -0.15) is 0 Å². The monoisotopic (exact) mass is 387 g/mol. The number of benzene rings is 3. The summed E-state index contributed by atoms with van der Waals surface area (Å²) in [4.78, 5) is 24.7. The molecule has 0 radical (unpaired) electrons. The highest BCUT2D eigenvalue weighted by Crippen LogP contribution is 2.17. The van der Waals surface area contributed by atoms with Crippen LogP contribution in [0.25, 0.3) is 0 Å². The Bertz CT molecular complexity index is 1000. The molecule has 3 N–H and O–H groups in total. The first-order valence-electron chi connectivity index (χ1n) is 9.55. The van der Waals surface area contributed by atoms with Gasteiger partial charge in [0.1, 0.15) is 0 Å². The molecule has 0 aliphatic heterocycles. The molecule has 0 heterocycles. The second-order valence-corrected chi connectivity index (χ2v) is 6.90. The first-order chi connectivity index (χ1) is 14.0. The molecule has 0 bridgehead atoms. The molecule has 148 valence electrons. The van der Waals surface area contributed by atoms with Crippen LogP contribution in [0.1, 0.15) is 27.0 Å². The Morgan fingerprint density at radius 3 is 2.41 bits per heavy atom. The number of rotatable bonds is 7. The molecule has 3 aromatic rings. The van der Waals surface area contributed by atoms with Crippen LogP contribution >= 0.6 is 0 Å². The highest BCUT2D eigenvalue weighted by atomic mass is 16.2. The van der Waals surface area contributed by atoms with E-state index in [2.05, 4.69) is 16.0 Å². The van der Waals surface area contributed by atoms with Crippen LogP contribution < -0.4 is 16.0 Å². The molecule has 0 saturated carbocycles. The van der Waals surface area contributed by atoms with Gasteiger partial charge in [-0.05, 0) is 54.8 Å². The van der Waals surface area contributed by atoms with Crippen molar-refractivity contribution in [2.45, 2.75) is 20.4 Å². The van der Waals surface area contributed by atoms with Crippen LogP contribution in [-0.2, 0) is 11.3 Å². The number of carbonyl (C=O) groups is 2. The lowest BCUT2D eigenvalue weighted by Crippen LogP contribution is -2.24. The zero-order valence-corrected chi connectivity index (χ0v) is 16.7. The normalized spacial score (nSPS) is 10.3. The van der Waals surface area contributed by atoms with E-state index in [9.17, 15) is 9.59 Å². The summed E-state index contributed by atoms with van der Waals surface area (Å²) in [5.74, 6) is -0.355. The van der Waals surface area contributed by atoms with E-state index >= 15 is 0 Å². The fourth-order valence-electron chi connectivity index (χ4n) is 2.94. The van der Waals surface area contributed by atoms with Gasteiger partial charge in [0.05, 0.1) is 6.54 Å². The first-order valence-corrected chi connectivity index (χ1v) is 9.55. The maximum absolute atomic E-state index is 12.4. The summed E-state index contributed by atoms with van der Waals surface area (Å²) in [5.41, 5.74) is 5.35. The minimum absolute atomic E-state index is 0.148. The van der Waals surface area contributed by atoms with E-state index in [0.717, 1.165) is 16.8 Å². The van der Waals surface area contributed by atoms with Gasteiger partial charge in [-0.1, -0.05) is 48.5 Å². The summed E-state index contributed by atoms with van der Waals surface area (Å²) < 4.78 is 0. The van der Waals surface area contributed by atoms with Gasteiger partial charge in [-0.15, -0.1) is 0 Å². The van der Waals surface area contributed by atoms with Gasteiger partial charge >= 0.3 is 0 Å². The Hall–Kier alpha value is -3.60. The van der Waals surface area contributed by atoms with E-state index in [1.165, 1.54) is 5.56 Å². The van der Waals surface area contributed by atoms with Gasteiger partial charge in [-0.3, -0.25) is 9.59 Å². The zero-order chi connectivity index (χ0) is 20.6. The SMILES string of the molecule is Cc1cccc(NCC(=O)Nc2cccc(C(=O)NCc3ccccc3)c2)c1C. The van der Waals surface area contributed by atoms with Crippen molar-refractivity contribution in [2.75, 3.05) is 17.2 Å². The molecule has 0 spiro atoms. The van der Waals surface area contributed by atoms with E-state index in [-0.39, 0.29) is 18.4 Å². The van der Waals surface area contributed by atoms with Crippen molar-refractivity contribution in [2.24, 2.45) is 0 Å². The van der Waals surface area contributed by atoms with Gasteiger partial charge in [0.2, 0.25) is 5.91 Å². The number of hydrogen-bond donors (Lipinski definition) is 3. The Morgan fingerprint density at radius 2 is 1.62 bits per heavy atom. The third-order valence-corrected chi connectivity index (χ3v) is 4.75. The average Bonchev–Trinajstić information content (AvgIpc) is 2.74. The van der Waals surface area contributed by atoms with Crippen molar-refractivity contribution < 1.29 is 9.59 Å². The third kappa shape index (κ3) is 5.69. The molecule has 0 aromatic heterocycles. The van der Waals surface area contributed by atoms with Crippen LogP contribution in [0, 0.1) is 13.8 Å². The molecule has 0 aliphatic rings. The molecule has 3 rings (SSSR count). The summed E-state index contributed by atoms with van der Waals surface area (Å²) in [5, 5.41) is 8.88. The van der Waals surface area contributed by atoms with Gasteiger partial charge in [0, 0.05) is 23.5 Å². The highest BCUT2D eigenvalue weighted by Gasteiger charge is 2.09. The number of anilines is 2. The smallest absolute Gasteiger partial charge is 0.251 e. The van der Waals surface area contributed by atoms with Gasteiger partial charge in [0.15, 0.2) is 0 Å². The van der Waals surface area contributed by atoms with E-state index in [1.54, 1.807) is 24.3 Å². The number of amides is 2. The Labute approximate surface area is 171 Å². The molecular formula is C24H25N3O2. The molecule has 5 nitrogen and oxygen atoms in total. The molecule has 0 aliphatic carbocycles. The molecule has 5 heteroatoms. The topological polar surface area (TPSA) is 70.2 Å². The first kappa shape index (κ1) is 20.1. The molecule has 0 unspecified atom stereocenters. The van der Waals surface area contributed by atoms with Crippen LogP contribution in [0.15, 0.2) is 72.8 Å². The minimum Gasteiger partial charge on any atom is -0.376 e. The van der Waals surface area contributed by atoms with E-state index in [0.29, 0.717) is 17.8 Å². The number of carbonyl (C=O) groups excluding carboxylic acids is 2. The van der Waals surface area contributed by atoms with E-state index < -0.39 is 0 Å². The summed E-state index contributed by atoms with van der Waals surface area (Å²) in [7, 11) is 0. The summed E-state index contributed by atoms with van der Waals surface area (Å²) in [6, 6.07) is 22.6. The standard InChI is InChI=1S/C24H25N3O2/c1-17-8-6-13-22(18(17)2)25-16-23(28)27-21-12-7-11-20(14-21)24(29)26-15-19-9-4-3-5-10-19/h3-14,25H,15-16H2,1-2H3,(H,26,29)(H,27,28). The van der Waals surface area contributed by atoms with Crippen LogP contribution in [0.5, 0.6) is 0 Å². The van der Waals surface area contributed by atoms with Crippen molar-refractivity contribution in [1.82, 2.24) is 5.32 Å². The predicted molar refractivity (Wildman–Crippen MR) is 117 cm³/mol. The molecule has 0 fully saturated rings. The van der Waals surface area contributed by atoms with Crippen molar-refractivity contribution >= 4 is 23.2 Å². The van der Waals surface area contributed by atoms with Crippen molar-refractivity contribution in [3.05, 3.63) is 95.1 Å². The van der Waals surface area contributed by atoms with Crippen LogP contribution in [0.3, 0.4) is 0 Å². The lowest BCUT2D eigenvalue weighted by atomic mass is 10.1. The predicted octanol–water partition coefficient (Wildman–Crippen LogP) is 4.28. The van der Waals surface area contributed by atoms with E-state index in [1.807, 2.05) is 62.4 Å². The summed E-state index contributed by atoms with van der Waals surface area (Å²) in [6.45, 7) is 4.66. The fourth-order valence-corrected chi connectivity index (χ4v) is 2.94. The second-order valence-electron chi connectivity index (χ2n) is 6.90. The lowest BCUT2D eigenvalue weighted by Gasteiger charge is -2.12. The Balaban J connectivity index is 1.55. The largest absolute Gasteiger partial charge is 0.376 e. The molecule has 0 saturated heterocycles. The summed E-state index contributed by atoms with van der Waals surface area (Å²) >= 11 is 0.